The molecule has 0 spiro atoms. The van der Waals surface area contributed by atoms with Crippen LogP contribution in [0.1, 0.15) is 112 Å². The van der Waals surface area contributed by atoms with E-state index in [1.165, 1.54) is 18.4 Å². The molecule has 0 radical (unpaired) electrons. The normalized spacial score (nSPS) is 47.0. The number of hydrogen-bond donors (Lipinski definition) is 6. The monoisotopic (exact) mass is 604 g/mol. The summed E-state index contributed by atoms with van der Waals surface area (Å²) in [6.45, 7) is 13.8. The number of amides is 1. The van der Waals surface area contributed by atoms with Crippen LogP contribution < -0.4 is 11.2 Å². The fourth-order valence-corrected chi connectivity index (χ4v) is 11.0. The number of nitrogens with one attached hydrogen (secondary N) is 1. The van der Waals surface area contributed by atoms with Crippen molar-refractivity contribution in [2.24, 2.45) is 63.1 Å². The van der Waals surface area contributed by atoms with Crippen LogP contribution in [0.2, 0.25) is 0 Å². The molecular formula is C35H60N2O6. The Labute approximate surface area is 259 Å². The summed E-state index contributed by atoms with van der Waals surface area (Å²) in [5, 5.41) is 44.1. The zero-order valence-electron chi connectivity index (χ0n) is 27.5. The standard InChI is InChI=1S/C35H60N2O6/c1-20-9-12-34(6)25-11-14-35(31(42)37-30(43-36)24-17-22(19-38)28(40)29(24)41)16-15-32(3,4)18-26(35)23(25)7-8-27(34)33(20,5)13-10-21(2)39/h7,20-22,24-30,38-41H,8-19,36H2,1-6H3,(H,37,42). The first kappa shape index (κ1) is 33.3. The van der Waals surface area contributed by atoms with Crippen LogP contribution in [0.25, 0.3) is 0 Å². The Balaban J connectivity index is 1.45. The molecule has 4 saturated carbocycles. The van der Waals surface area contributed by atoms with Crippen LogP contribution >= 0.6 is 0 Å². The molecule has 13 atom stereocenters. The molecule has 5 aliphatic rings. The Morgan fingerprint density at radius 1 is 1.09 bits per heavy atom. The van der Waals surface area contributed by atoms with Crippen molar-refractivity contribution in [1.29, 1.82) is 0 Å². The van der Waals surface area contributed by atoms with Gasteiger partial charge in [0.05, 0.1) is 23.7 Å². The van der Waals surface area contributed by atoms with Crippen molar-refractivity contribution in [3.8, 4) is 0 Å². The summed E-state index contributed by atoms with van der Waals surface area (Å²) >= 11 is 0. The van der Waals surface area contributed by atoms with Gasteiger partial charge in [-0.3, -0.25) is 9.63 Å². The zero-order chi connectivity index (χ0) is 31.5. The summed E-state index contributed by atoms with van der Waals surface area (Å²) in [6.07, 6.45) is 9.28. The molecule has 43 heavy (non-hydrogen) atoms. The van der Waals surface area contributed by atoms with E-state index < -0.39 is 35.7 Å². The number of carbonyl (C=O) groups is 1. The highest BCUT2D eigenvalue weighted by atomic mass is 16.6. The third-order valence-corrected chi connectivity index (χ3v) is 14.0. The zero-order valence-corrected chi connectivity index (χ0v) is 27.5. The number of rotatable bonds is 8. The molecule has 246 valence electrons. The number of allylic oxidation sites excluding steroid dienone is 2. The number of aliphatic hydroxyl groups excluding tert-OH is 4. The smallest absolute Gasteiger partial charge is 0.228 e. The van der Waals surface area contributed by atoms with Gasteiger partial charge in [-0.2, -0.15) is 0 Å². The summed E-state index contributed by atoms with van der Waals surface area (Å²) in [6, 6.07) is 0. The Morgan fingerprint density at radius 2 is 1.81 bits per heavy atom. The van der Waals surface area contributed by atoms with Crippen molar-refractivity contribution >= 4 is 5.91 Å². The van der Waals surface area contributed by atoms with E-state index in [1.807, 2.05) is 6.92 Å². The van der Waals surface area contributed by atoms with Gasteiger partial charge in [-0.15, -0.1) is 0 Å². The highest BCUT2D eigenvalue weighted by Crippen LogP contribution is 2.69. The van der Waals surface area contributed by atoms with Gasteiger partial charge in [-0.25, -0.2) is 5.90 Å². The Kier molecular flexibility index (Phi) is 9.27. The lowest BCUT2D eigenvalue weighted by Gasteiger charge is -2.64. The summed E-state index contributed by atoms with van der Waals surface area (Å²) in [5.41, 5.74) is 1.40. The van der Waals surface area contributed by atoms with E-state index in [0.29, 0.717) is 24.2 Å². The van der Waals surface area contributed by atoms with Crippen LogP contribution in [0.3, 0.4) is 0 Å². The topological polar surface area (TPSA) is 145 Å². The molecule has 5 aliphatic carbocycles. The quantitative estimate of drug-likeness (QED) is 0.136. The van der Waals surface area contributed by atoms with Crippen LogP contribution in [-0.2, 0) is 9.63 Å². The SMILES string of the molecule is CC(O)CCC1(C)C(C)CCC2(C)C3CCC4(C(=O)NC(ON)C5CC(CO)C(O)C5O)CCC(C)(C)CC4C3=CCC12. The average molecular weight is 605 g/mol. The summed E-state index contributed by atoms with van der Waals surface area (Å²) in [4.78, 5) is 19.7. The Morgan fingerprint density at radius 3 is 2.44 bits per heavy atom. The van der Waals surface area contributed by atoms with Gasteiger partial charge in [0.2, 0.25) is 5.91 Å². The lowest BCUT2D eigenvalue weighted by Crippen LogP contribution is -2.60. The van der Waals surface area contributed by atoms with Crippen LogP contribution in [-0.4, -0.2) is 57.5 Å². The van der Waals surface area contributed by atoms with E-state index in [0.717, 1.165) is 51.4 Å². The second-order valence-corrected chi connectivity index (χ2v) is 16.9. The first-order valence-corrected chi connectivity index (χ1v) is 17.1. The first-order chi connectivity index (χ1) is 20.1. The molecule has 0 bridgehead atoms. The lowest BCUT2D eigenvalue weighted by atomic mass is 9.40. The highest BCUT2D eigenvalue weighted by Gasteiger charge is 2.63. The average Bonchev–Trinajstić information content (AvgIpc) is 3.25. The molecule has 13 unspecified atom stereocenters. The van der Waals surface area contributed by atoms with E-state index >= 15 is 0 Å². The van der Waals surface area contributed by atoms with Crippen molar-refractivity contribution in [3.05, 3.63) is 11.6 Å². The maximum Gasteiger partial charge on any atom is 0.228 e. The molecule has 0 aromatic carbocycles. The maximum atomic E-state index is 14.5. The summed E-state index contributed by atoms with van der Waals surface area (Å²) < 4.78 is 0. The van der Waals surface area contributed by atoms with Crippen molar-refractivity contribution in [3.63, 3.8) is 0 Å². The molecule has 8 nitrogen and oxygen atoms in total. The van der Waals surface area contributed by atoms with E-state index in [2.05, 4.69) is 46.0 Å². The first-order valence-electron chi connectivity index (χ1n) is 17.1. The molecule has 0 saturated heterocycles. The predicted octanol–water partition coefficient (Wildman–Crippen LogP) is 4.44. The fourth-order valence-electron chi connectivity index (χ4n) is 11.0. The minimum Gasteiger partial charge on any atom is -0.396 e. The van der Waals surface area contributed by atoms with Gasteiger partial charge in [0.1, 0.15) is 0 Å². The highest BCUT2D eigenvalue weighted by molar-refractivity contribution is 5.84. The molecule has 0 aromatic rings. The molecule has 1 amide bonds. The van der Waals surface area contributed by atoms with Crippen molar-refractivity contribution < 1.29 is 30.1 Å². The summed E-state index contributed by atoms with van der Waals surface area (Å²) in [5.74, 6) is 6.35. The minimum absolute atomic E-state index is 0.0525. The molecule has 5 rings (SSSR count). The van der Waals surface area contributed by atoms with Gasteiger partial charge >= 0.3 is 0 Å². The van der Waals surface area contributed by atoms with Gasteiger partial charge in [0, 0.05) is 18.4 Å². The molecule has 0 aliphatic heterocycles. The van der Waals surface area contributed by atoms with Crippen LogP contribution in [0.5, 0.6) is 0 Å². The predicted molar refractivity (Wildman–Crippen MR) is 166 cm³/mol. The van der Waals surface area contributed by atoms with Gasteiger partial charge < -0.3 is 25.7 Å². The van der Waals surface area contributed by atoms with Crippen molar-refractivity contribution in [2.45, 2.75) is 137 Å². The molecule has 0 heterocycles. The fraction of sp³-hybridized carbons (Fsp3) is 0.914. The van der Waals surface area contributed by atoms with Crippen LogP contribution in [0.4, 0.5) is 0 Å². The van der Waals surface area contributed by atoms with E-state index in [9.17, 15) is 25.2 Å². The second kappa shape index (κ2) is 12.0. The number of hydrogen-bond acceptors (Lipinski definition) is 7. The number of aliphatic hydroxyl groups is 4. The molecule has 0 aromatic heterocycles. The summed E-state index contributed by atoms with van der Waals surface area (Å²) in [7, 11) is 0. The van der Waals surface area contributed by atoms with Gasteiger partial charge in [0.15, 0.2) is 6.23 Å². The van der Waals surface area contributed by atoms with Crippen molar-refractivity contribution in [2.75, 3.05) is 6.61 Å². The molecule has 8 heteroatoms. The minimum atomic E-state index is -1.13. The molecular weight excluding hydrogens is 544 g/mol. The van der Waals surface area contributed by atoms with E-state index in [4.69, 9.17) is 10.7 Å². The number of nitrogens with two attached hydrogens (primary N) is 1. The molecule has 7 N–H and O–H groups in total. The van der Waals surface area contributed by atoms with Gasteiger partial charge in [-0.1, -0.05) is 46.3 Å². The van der Waals surface area contributed by atoms with Crippen molar-refractivity contribution in [1.82, 2.24) is 5.32 Å². The van der Waals surface area contributed by atoms with Crippen LogP contribution in [0, 0.1) is 57.2 Å². The second-order valence-electron chi connectivity index (χ2n) is 16.9. The third kappa shape index (κ3) is 5.54. The maximum absolute atomic E-state index is 14.5. The van der Waals surface area contributed by atoms with E-state index in [1.54, 1.807) is 0 Å². The third-order valence-electron chi connectivity index (χ3n) is 14.0. The van der Waals surface area contributed by atoms with Gasteiger partial charge in [0.25, 0.3) is 0 Å². The molecule has 4 fully saturated rings. The number of fused-ring (bicyclic) bond motifs is 5. The van der Waals surface area contributed by atoms with Gasteiger partial charge in [-0.05, 0) is 117 Å². The lowest BCUT2D eigenvalue weighted by molar-refractivity contribution is -0.154. The van der Waals surface area contributed by atoms with E-state index in [-0.39, 0.29) is 40.8 Å². The van der Waals surface area contributed by atoms with Crippen LogP contribution in [0.15, 0.2) is 11.6 Å². The Hall–Kier alpha value is -1.03. The largest absolute Gasteiger partial charge is 0.396 e. The number of carbonyl (C=O) groups excluding carboxylic acids is 1. The Bertz CT molecular complexity index is 1060.